The largest absolute Gasteiger partial charge is 0.494 e. The number of amides is 4. The van der Waals surface area contributed by atoms with Crippen LogP contribution < -0.4 is 20.1 Å². The molecule has 0 saturated carbocycles. The van der Waals surface area contributed by atoms with Gasteiger partial charge in [0.15, 0.2) is 0 Å². The Kier molecular flexibility index (Phi) is 6.73. The molecule has 2 saturated heterocycles. The fourth-order valence-corrected chi connectivity index (χ4v) is 5.25. The van der Waals surface area contributed by atoms with Gasteiger partial charge in [0.1, 0.15) is 11.8 Å². The molecule has 2 heterocycles. The van der Waals surface area contributed by atoms with Crippen LogP contribution in [0.4, 0.5) is 10.5 Å². The zero-order chi connectivity index (χ0) is 24.3. The smallest absolute Gasteiger partial charge is 0.322 e. The average Bonchev–Trinajstić information content (AvgIpc) is 3.18. The summed E-state index contributed by atoms with van der Waals surface area (Å²) in [6.07, 6.45) is 1.42. The topological polar surface area (TPSA) is 134 Å². The van der Waals surface area contributed by atoms with Gasteiger partial charge >= 0.3 is 6.03 Å². The number of hydrogen-bond acceptors (Lipinski definition) is 6. The molecule has 3 N–H and O–H groups in total. The van der Waals surface area contributed by atoms with E-state index in [2.05, 4.69) is 15.4 Å². The van der Waals surface area contributed by atoms with Gasteiger partial charge in [0.2, 0.25) is 0 Å². The molecule has 0 aromatic heterocycles. The highest BCUT2D eigenvalue weighted by Gasteiger charge is 2.39. The molecule has 0 unspecified atom stereocenters. The second kappa shape index (κ2) is 9.72. The van der Waals surface area contributed by atoms with E-state index in [4.69, 9.17) is 4.74 Å². The van der Waals surface area contributed by atoms with Crippen LogP contribution in [0.3, 0.4) is 0 Å². The molecule has 2 atom stereocenters. The first-order chi connectivity index (χ1) is 16.3. The fraction of sp³-hybridized carbons (Fsp3) is 0.348. The van der Waals surface area contributed by atoms with Gasteiger partial charge < -0.3 is 15.0 Å². The fourth-order valence-electron chi connectivity index (χ4n) is 4.19. The average molecular weight is 487 g/mol. The minimum Gasteiger partial charge on any atom is -0.494 e. The van der Waals surface area contributed by atoms with Crippen LogP contribution in [0.1, 0.15) is 30.1 Å². The van der Waals surface area contributed by atoms with Crippen molar-refractivity contribution in [3.8, 4) is 5.75 Å². The number of likely N-dealkylation sites (tertiary alicyclic amines) is 1. The SMILES string of the molecule is CCOc1ccc(NS(=O)(=O)c2ccc(C(=O)N3CCC[C@@H]([C@@H]4NC(=O)NC4=O)C3)cc2)cc1. The van der Waals surface area contributed by atoms with Crippen molar-refractivity contribution in [2.24, 2.45) is 5.92 Å². The number of piperidine rings is 1. The summed E-state index contributed by atoms with van der Waals surface area (Å²) in [5.41, 5.74) is 0.742. The molecule has 2 fully saturated rings. The third kappa shape index (κ3) is 5.14. The Morgan fingerprint density at radius 2 is 1.82 bits per heavy atom. The van der Waals surface area contributed by atoms with Gasteiger partial charge in [-0.3, -0.25) is 19.6 Å². The molecule has 2 aliphatic heterocycles. The summed E-state index contributed by atoms with van der Waals surface area (Å²) in [4.78, 5) is 38.1. The van der Waals surface area contributed by atoms with E-state index >= 15 is 0 Å². The normalized spacial score (nSPS) is 20.4. The molecule has 34 heavy (non-hydrogen) atoms. The lowest BCUT2D eigenvalue weighted by Crippen LogP contribution is -2.48. The Bertz CT molecular complexity index is 1180. The Hall–Kier alpha value is -3.60. The van der Waals surface area contributed by atoms with E-state index in [1.165, 1.54) is 24.3 Å². The quantitative estimate of drug-likeness (QED) is 0.512. The highest BCUT2D eigenvalue weighted by Crippen LogP contribution is 2.24. The summed E-state index contributed by atoms with van der Waals surface area (Å²) in [5.74, 6) is -0.164. The second-order valence-electron chi connectivity index (χ2n) is 8.18. The number of sulfonamides is 1. The van der Waals surface area contributed by atoms with E-state index in [9.17, 15) is 22.8 Å². The van der Waals surface area contributed by atoms with Crippen molar-refractivity contribution < 1.29 is 27.5 Å². The molecule has 180 valence electrons. The van der Waals surface area contributed by atoms with Crippen LogP contribution in [0.25, 0.3) is 0 Å². The minimum absolute atomic E-state index is 0.0276. The molecule has 0 radical (unpaired) electrons. The van der Waals surface area contributed by atoms with Gasteiger partial charge in [0.05, 0.1) is 11.5 Å². The first kappa shape index (κ1) is 23.6. The lowest BCUT2D eigenvalue weighted by Gasteiger charge is -2.34. The maximum atomic E-state index is 13.0. The zero-order valence-corrected chi connectivity index (χ0v) is 19.4. The van der Waals surface area contributed by atoms with Gasteiger partial charge in [0, 0.05) is 30.3 Å². The van der Waals surface area contributed by atoms with Crippen molar-refractivity contribution in [3.05, 3.63) is 54.1 Å². The molecule has 0 aliphatic carbocycles. The molecule has 2 aliphatic rings. The van der Waals surface area contributed by atoms with Crippen LogP contribution in [0.5, 0.6) is 5.75 Å². The van der Waals surface area contributed by atoms with Crippen molar-refractivity contribution in [1.82, 2.24) is 15.5 Å². The first-order valence-corrected chi connectivity index (χ1v) is 12.5. The molecule has 2 aromatic carbocycles. The van der Waals surface area contributed by atoms with Gasteiger partial charge in [0.25, 0.3) is 21.8 Å². The van der Waals surface area contributed by atoms with Gasteiger partial charge in [-0.2, -0.15) is 0 Å². The minimum atomic E-state index is -3.84. The second-order valence-corrected chi connectivity index (χ2v) is 9.86. The molecule has 10 nitrogen and oxygen atoms in total. The summed E-state index contributed by atoms with van der Waals surface area (Å²) < 4.78 is 33.3. The number of hydrogen-bond donors (Lipinski definition) is 3. The summed E-state index contributed by atoms with van der Waals surface area (Å²) in [7, 11) is -3.84. The highest BCUT2D eigenvalue weighted by atomic mass is 32.2. The molecule has 0 bridgehead atoms. The Labute approximate surface area is 197 Å². The number of imide groups is 1. The number of urea groups is 1. The number of rotatable bonds is 7. The highest BCUT2D eigenvalue weighted by molar-refractivity contribution is 7.92. The number of carbonyl (C=O) groups is 3. The number of anilines is 1. The monoisotopic (exact) mass is 486 g/mol. The van der Waals surface area contributed by atoms with Crippen molar-refractivity contribution >= 4 is 33.6 Å². The predicted molar refractivity (Wildman–Crippen MR) is 124 cm³/mol. The van der Waals surface area contributed by atoms with E-state index in [1.54, 1.807) is 29.2 Å². The van der Waals surface area contributed by atoms with E-state index in [-0.39, 0.29) is 22.6 Å². The lowest BCUT2D eigenvalue weighted by atomic mass is 9.90. The zero-order valence-electron chi connectivity index (χ0n) is 18.6. The van der Waals surface area contributed by atoms with Crippen LogP contribution in [-0.4, -0.2) is 56.9 Å². The molecule has 2 aromatic rings. The van der Waals surface area contributed by atoms with Crippen LogP contribution in [0.15, 0.2) is 53.4 Å². The predicted octanol–water partition coefficient (Wildman–Crippen LogP) is 1.95. The molecular weight excluding hydrogens is 460 g/mol. The third-order valence-corrected chi connectivity index (χ3v) is 7.25. The van der Waals surface area contributed by atoms with E-state index in [1.807, 2.05) is 6.92 Å². The van der Waals surface area contributed by atoms with Gasteiger partial charge in [-0.25, -0.2) is 13.2 Å². The van der Waals surface area contributed by atoms with Crippen molar-refractivity contribution in [3.63, 3.8) is 0 Å². The Morgan fingerprint density at radius 3 is 2.44 bits per heavy atom. The van der Waals surface area contributed by atoms with Crippen LogP contribution in [-0.2, 0) is 14.8 Å². The Morgan fingerprint density at radius 1 is 1.12 bits per heavy atom. The standard InChI is InChI=1S/C23H26N4O6S/c1-2-33-18-9-7-17(8-10-18)26-34(31,32)19-11-5-15(6-12-19)22(29)27-13-3-4-16(14-27)20-21(28)25-23(30)24-20/h5-12,16,20,26H,2-4,13-14H2,1H3,(H2,24,25,28,30)/t16-,20+/m1/s1. The maximum Gasteiger partial charge on any atom is 0.322 e. The van der Waals surface area contributed by atoms with Crippen LogP contribution >= 0.6 is 0 Å². The number of nitrogens with one attached hydrogen (secondary N) is 3. The van der Waals surface area contributed by atoms with Crippen molar-refractivity contribution in [1.29, 1.82) is 0 Å². The summed E-state index contributed by atoms with van der Waals surface area (Å²) in [6, 6.07) is 11.1. The summed E-state index contributed by atoms with van der Waals surface area (Å²) in [6.45, 7) is 3.23. The van der Waals surface area contributed by atoms with Crippen molar-refractivity contribution in [2.45, 2.75) is 30.7 Å². The van der Waals surface area contributed by atoms with Crippen molar-refractivity contribution in [2.75, 3.05) is 24.4 Å². The maximum absolute atomic E-state index is 13.0. The summed E-state index contributed by atoms with van der Waals surface area (Å²) >= 11 is 0. The van der Waals surface area contributed by atoms with Gasteiger partial charge in [-0.05, 0) is 68.3 Å². The van der Waals surface area contributed by atoms with E-state index < -0.39 is 22.1 Å². The molecule has 4 rings (SSSR count). The molecule has 11 heteroatoms. The number of ether oxygens (including phenoxy) is 1. The van der Waals surface area contributed by atoms with E-state index in [0.717, 1.165) is 6.42 Å². The van der Waals surface area contributed by atoms with E-state index in [0.29, 0.717) is 43.1 Å². The summed E-state index contributed by atoms with van der Waals surface area (Å²) in [5, 5.41) is 4.83. The molecule has 0 spiro atoms. The number of benzene rings is 2. The van der Waals surface area contributed by atoms with Gasteiger partial charge in [-0.1, -0.05) is 0 Å². The first-order valence-electron chi connectivity index (χ1n) is 11.0. The van der Waals surface area contributed by atoms with Crippen LogP contribution in [0, 0.1) is 5.92 Å². The Balaban J connectivity index is 1.41. The number of nitrogens with zero attached hydrogens (tertiary/aromatic N) is 1. The third-order valence-electron chi connectivity index (χ3n) is 5.85. The number of carbonyl (C=O) groups excluding carboxylic acids is 3. The molecular formula is C23H26N4O6S. The van der Waals surface area contributed by atoms with Crippen LogP contribution in [0.2, 0.25) is 0 Å². The lowest BCUT2D eigenvalue weighted by molar-refractivity contribution is -0.121. The molecule has 4 amide bonds. The van der Waals surface area contributed by atoms with Gasteiger partial charge in [-0.15, -0.1) is 0 Å².